The Morgan fingerprint density at radius 1 is 0.300 bits per heavy atom. The lowest BCUT2D eigenvalue weighted by molar-refractivity contribution is 1.23. The molecule has 0 aliphatic carbocycles. The Morgan fingerprint density at radius 3 is 1.52 bits per heavy atom. The smallest absolute Gasteiger partial charge is 0.161 e. The second kappa shape index (κ2) is 11.5. The molecule has 0 atom stereocenters. The molecule has 3 heteroatoms. The van der Waals surface area contributed by atoms with Crippen LogP contribution in [0.5, 0.6) is 0 Å². The predicted octanol–water partition coefficient (Wildman–Crippen LogP) is 12.3. The highest BCUT2D eigenvalue weighted by Crippen LogP contribution is 2.41. The highest BCUT2D eigenvalue weighted by Gasteiger charge is 2.18. The summed E-state index contributed by atoms with van der Waals surface area (Å²) < 4.78 is 0. The summed E-state index contributed by atoms with van der Waals surface area (Å²) in [5.74, 6) is 0.715. The molecule has 0 N–H and O–H groups in total. The number of hydrogen-bond acceptors (Lipinski definition) is 3. The lowest BCUT2D eigenvalue weighted by Gasteiger charge is -2.15. The Kier molecular flexibility index (Phi) is 6.49. The monoisotopic (exact) mass is 635 g/mol. The molecule has 0 bridgehead atoms. The van der Waals surface area contributed by atoms with E-state index in [1.54, 1.807) is 0 Å². The second-order valence-electron chi connectivity index (χ2n) is 12.8. The van der Waals surface area contributed by atoms with Crippen molar-refractivity contribution in [3.8, 4) is 44.9 Å². The number of aromatic nitrogens is 3. The average molecular weight is 636 g/mol. The molecule has 8 aromatic carbocycles. The molecule has 232 valence electrons. The van der Waals surface area contributed by atoms with Gasteiger partial charge >= 0.3 is 0 Å². The first-order valence-electron chi connectivity index (χ1n) is 17.0. The number of pyridine rings is 1. The second-order valence-corrected chi connectivity index (χ2v) is 12.8. The van der Waals surface area contributed by atoms with E-state index < -0.39 is 0 Å². The van der Waals surface area contributed by atoms with Crippen LogP contribution in [0.4, 0.5) is 0 Å². The van der Waals surface area contributed by atoms with E-state index in [9.17, 15) is 0 Å². The van der Waals surface area contributed by atoms with Gasteiger partial charge in [0, 0.05) is 43.6 Å². The first-order chi connectivity index (χ1) is 24.8. The molecule has 10 aromatic rings. The van der Waals surface area contributed by atoms with Crippen LogP contribution in [0.15, 0.2) is 176 Å². The first kappa shape index (κ1) is 28.3. The Labute approximate surface area is 289 Å². The van der Waals surface area contributed by atoms with Crippen LogP contribution in [0.25, 0.3) is 99.2 Å². The van der Waals surface area contributed by atoms with Gasteiger partial charge in [0.05, 0.1) is 22.2 Å². The van der Waals surface area contributed by atoms with E-state index in [-0.39, 0.29) is 0 Å². The summed E-state index contributed by atoms with van der Waals surface area (Å²) >= 11 is 0. The Bertz CT molecular complexity index is 2820. The van der Waals surface area contributed by atoms with Crippen LogP contribution in [0.2, 0.25) is 0 Å². The van der Waals surface area contributed by atoms with Crippen molar-refractivity contribution in [3.05, 3.63) is 176 Å². The average Bonchev–Trinajstić information content (AvgIpc) is 3.20. The Balaban J connectivity index is 1.18. The van der Waals surface area contributed by atoms with Crippen molar-refractivity contribution >= 4 is 54.3 Å². The summed E-state index contributed by atoms with van der Waals surface area (Å²) in [6, 6.07) is 62.0. The lowest BCUT2D eigenvalue weighted by Crippen LogP contribution is -1.97. The topological polar surface area (TPSA) is 38.7 Å². The fourth-order valence-corrected chi connectivity index (χ4v) is 7.48. The van der Waals surface area contributed by atoms with Gasteiger partial charge in [0.25, 0.3) is 0 Å². The first-order valence-corrected chi connectivity index (χ1v) is 17.0. The Hall–Kier alpha value is -6.71. The van der Waals surface area contributed by atoms with Crippen molar-refractivity contribution in [2.24, 2.45) is 0 Å². The highest BCUT2D eigenvalue weighted by molar-refractivity contribution is 6.21. The standard InChI is InChI=1S/C47H29N3/c1-2-12-30(13-3-1)35-16-8-9-19-38(35)47-48-42-21-11-10-20-39(42)44(50-47)34-24-22-33(23-25-34)43-40-28-26-31-14-4-6-17-36(31)45(40)49-46-37-18-7-5-15-32(37)27-29-41(43)46/h1-29H. The Morgan fingerprint density at radius 2 is 0.840 bits per heavy atom. The molecule has 0 amide bonds. The number of para-hydroxylation sites is 1. The third-order valence-corrected chi connectivity index (χ3v) is 9.87. The van der Waals surface area contributed by atoms with Crippen molar-refractivity contribution in [2.75, 3.05) is 0 Å². The van der Waals surface area contributed by atoms with Crippen LogP contribution in [-0.2, 0) is 0 Å². The largest absolute Gasteiger partial charge is 0.246 e. The maximum Gasteiger partial charge on any atom is 0.161 e. The van der Waals surface area contributed by atoms with Crippen molar-refractivity contribution < 1.29 is 0 Å². The molecule has 2 heterocycles. The van der Waals surface area contributed by atoms with E-state index in [2.05, 4.69) is 164 Å². The summed E-state index contributed by atoms with van der Waals surface area (Å²) in [7, 11) is 0. The highest BCUT2D eigenvalue weighted by atomic mass is 14.9. The molecule has 2 aromatic heterocycles. The molecule has 50 heavy (non-hydrogen) atoms. The maximum atomic E-state index is 5.37. The van der Waals surface area contributed by atoms with Gasteiger partial charge in [-0.05, 0) is 33.5 Å². The molecule has 0 aliphatic heterocycles. The number of hydrogen-bond donors (Lipinski definition) is 0. The molecular weight excluding hydrogens is 607 g/mol. The van der Waals surface area contributed by atoms with Gasteiger partial charge in [-0.2, -0.15) is 0 Å². The number of rotatable bonds is 4. The molecule has 0 saturated carbocycles. The third-order valence-electron chi connectivity index (χ3n) is 9.87. The van der Waals surface area contributed by atoms with Crippen LogP contribution in [0.3, 0.4) is 0 Å². The van der Waals surface area contributed by atoms with Crippen LogP contribution in [0.1, 0.15) is 0 Å². The predicted molar refractivity (Wildman–Crippen MR) is 209 cm³/mol. The van der Waals surface area contributed by atoms with Gasteiger partial charge in [-0.3, -0.25) is 0 Å². The van der Waals surface area contributed by atoms with Crippen LogP contribution in [-0.4, -0.2) is 15.0 Å². The molecule has 0 unspecified atom stereocenters. The van der Waals surface area contributed by atoms with Gasteiger partial charge in [-0.1, -0.05) is 170 Å². The quantitative estimate of drug-likeness (QED) is 0.143. The fraction of sp³-hybridized carbons (Fsp3) is 0. The van der Waals surface area contributed by atoms with Crippen LogP contribution in [0, 0.1) is 0 Å². The number of fused-ring (bicyclic) bond motifs is 7. The fourth-order valence-electron chi connectivity index (χ4n) is 7.48. The SMILES string of the molecule is c1ccc(-c2ccccc2-c2nc(-c3ccc(-c4c5ccc6ccccc6c5nc5c4ccc4ccccc45)cc3)c3ccccc3n2)cc1. The maximum absolute atomic E-state index is 5.37. The van der Waals surface area contributed by atoms with Gasteiger partial charge in [0.15, 0.2) is 5.82 Å². The van der Waals surface area contributed by atoms with Gasteiger partial charge < -0.3 is 0 Å². The van der Waals surface area contributed by atoms with Crippen molar-refractivity contribution in [3.63, 3.8) is 0 Å². The molecule has 10 rings (SSSR count). The van der Waals surface area contributed by atoms with Crippen LogP contribution >= 0.6 is 0 Å². The molecule has 0 radical (unpaired) electrons. The van der Waals surface area contributed by atoms with E-state index >= 15 is 0 Å². The summed E-state index contributed by atoms with van der Waals surface area (Å²) in [4.78, 5) is 15.7. The number of nitrogens with zero attached hydrogens (tertiary/aromatic N) is 3. The zero-order chi connectivity index (χ0) is 33.0. The van der Waals surface area contributed by atoms with Gasteiger partial charge in [0.2, 0.25) is 0 Å². The molecule has 3 nitrogen and oxygen atoms in total. The van der Waals surface area contributed by atoms with Crippen LogP contribution < -0.4 is 0 Å². The number of benzene rings is 8. The normalized spacial score (nSPS) is 11.6. The van der Waals surface area contributed by atoms with Gasteiger partial charge in [-0.25, -0.2) is 15.0 Å². The minimum atomic E-state index is 0.715. The van der Waals surface area contributed by atoms with Crippen molar-refractivity contribution in [2.45, 2.75) is 0 Å². The molecule has 0 saturated heterocycles. The molecule has 0 spiro atoms. The molecular formula is C47H29N3. The van der Waals surface area contributed by atoms with E-state index in [1.807, 2.05) is 12.1 Å². The lowest BCUT2D eigenvalue weighted by atomic mass is 9.92. The van der Waals surface area contributed by atoms with Gasteiger partial charge in [-0.15, -0.1) is 0 Å². The molecule has 0 aliphatic rings. The third kappa shape index (κ3) is 4.56. The van der Waals surface area contributed by atoms with Gasteiger partial charge in [0.1, 0.15) is 0 Å². The summed E-state index contributed by atoms with van der Waals surface area (Å²) in [5.41, 5.74) is 10.5. The van der Waals surface area contributed by atoms with E-state index in [1.165, 1.54) is 16.3 Å². The van der Waals surface area contributed by atoms with Crippen molar-refractivity contribution in [1.29, 1.82) is 0 Å². The van der Waals surface area contributed by atoms with E-state index in [0.29, 0.717) is 5.82 Å². The molecule has 0 fully saturated rings. The van der Waals surface area contributed by atoms with E-state index in [0.717, 1.165) is 77.0 Å². The van der Waals surface area contributed by atoms with Crippen molar-refractivity contribution in [1.82, 2.24) is 15.0 Å². The zero-order valence-electron chi connectivity index (χ0n) is 27.1. The summed E-state index contributed by atoms with van der Waals surface area (Å²) in [5, 5.41) is 8.02. The summed E-state index contributed by atoms with van der Waals surface area (Å²) in [6.45, 7) is 0. The minimum Gasteiger partial charge on any atom is -0.246 e. The minimum absolute atomic E-state index is 0.715. The zero-order valence-corrected chi connectivity index (χ0v) is 27.1. The van der Waals surface area contributed by atoms with E-state index in [4.69, 9.17) is 15.0 Å². The summed E-state index contributed by atoms with van der Waals surface area (Å²) in [6.07, 6.45) is 0.